The van der Waals surface area contributed by atoms with Crippen molar-refractivity contribution in [1.29, 1.82) is 0 Å². The van der Waals surface area contributed by atoms with Gasteiger partial charge in [-0.2, -0.15) is 0 Å². The molecule has 3 heterocycles. The molecule has 0 radical (unpaired) electrons. The maximum Gasteiger partial charge on any atom is 0.261 e. The Kier molecular flexibility index (Phi) is 7.44. The van der Waals surface area contributed by atoms with E-state index in [1.165, 1.54) is 35.9 Å². The molecule has 214 valence electrons. The van der Waals surface area contributed by atoms with E-state index in [1.807, 2.05) is 24.3 Å². The first kappa shape index (κ1) is 26.9. The van der Waals surface area contributed by atoms with E-state index >= 15 is 0 Å². The van der Waals surface area contributed by atoms with E-state index in [1.54, 1.807) is 0 Å². The number of carbonyl (C=O) groups is 1. The van der Waals surface area contributed by atoms with E-state index in [4.69, 9.17) is 25.8 Å². The standard InChI is InChI=1S/C32H39ClN2O4S/c1-20-17-38-25-10-12-37-30(15-25)26-7-4-23(26)16-35-18-32(11-2-3-21-13-24(33)6-8-27(21)32)19-39-29-9-5-22(14-28(29)35)31(36)34-40-20/h5-6,8-9,13-14,20,23,25-26,30H,2-4,7,10-12,15-19H2,1H3,(H,34,36)/t20-,23-,25+,26+,30+,32-/m0/s1. The van der Waals surface area contributed by atoms with Crippen LogP contribution in [0.5, 0.6) is 5.75 Å². The van der Waals surface area contributed by atoms with Crippen molar-refractivity contribution in [2.45, 2.75) is 74.7 Å². The second kappa shape index (κ2) is 11.0. The second-order valence-corrected chi connectivity index (χ2v) is 14.2. The molecule has 2 aromatic carbocycles. The van der Waals surface area contributed by atoms with Gasteiger partial charge in [-0.1, -0.05) is 17.7 Å². The van der Waals surface area contributed by atoms with Gasteiger partial charge in [-0.05, 0) is 111 Å². The molecule has 7 rings (SSSR count). The van der Waals surface area contributed by atoms with Crippen molar-refractivity contribution in [1.82, 2.24) is 4.72 Å². The van der Waals surface area contributed by atoms with Crippen LogP contribution in [0.2, 0.25) is 5.02 Å². The van der Waals surface area contributed by atoms with Crippen LogP contribution in [0.1, 0.15) is 66.9 Å². The number of rotatable bonds is 0. The van der Waals surface area contributed by atoms with Crippen molar-refractivity contribution in [2.24, 2.45) is 11.8 Å². The first-order valence-electron chi connectivity index (χ1n) is 15.0. The number of anilines is 1. The smallest absolute Gasteiger partial charge is 0.261 e. The topological polar surface area (TPSA) is 60.0 Å². The lowest BCUT2D eigenvalue weighted by Crippen LogP contribution is -2.51. The van der Waals surface area contributed by atoms with E-state index in [9.17, 15) is 4.79 Å². The van der Waals surface area contributed by atoms with Crippen molar-refractivity contribution in [3.8, 4) is 5.75 Å². The van der Waals surface area contributed by atoms with Crippen molar-refractivity contribution in [2.75, 3.05) is 37.8 Å². The number of amides is 1. The van der Waals surface area contributed by atoms with Gasteiger partial charge in [-0.25, -0.2) is 0 Å². The number of hydrogen-bond donors (Lipinski definition) is 1. The SMILES string of the molecule is C[C@H]1CO[C@@H]2CCO[C@H](C2)[C@@H]2CC[C@H]2CN2C[C@@]3(CCCc4cc(Cl)ccc43)COc3ccc(cc32)C(=O)NS1. The van der Waals surface area contributed by atoms with Gasteiger partial charge in [0.15, 0.2) is 0 Å². The molecule has 6 nitrogen and oxygen atoms in total. The summed E-state index contributed by atoms with van der Waals surface area (Å²) in [4.78, 5) is 15.8. The molecule has 1 saturated carbocycles. The van der Waals surface area contributed by atoms with Crippen LogP contribution in [0.15, 0.2) is 36.4 Å². The van der Waals surface area contributed by atoms with E-state index in [0.717, 1.165) is 68.3 Å². The molecule has 2 aliphatic carbocycles. The van der Waals surface area contributed by atoms with Gasteiger partial charge in [0.25, 0.3) is 5.91 Å². The van der Waals surface area contributed by atoms with Crippen LogP contribution in [0, 0.1) is 11.8 Å². The van der Waals surface area contributed by atoms with Gasteiger partial charge in [-0.15, -0.1) is 0 Å². The number of ether oxygens (including phenoxy) is 3. The van der Waals surface area contributed by atoms with Gasteiger partial charge in [0.1, 0.15) is 5.75 Å². The molecule has 1 saturated heterocycles. The van der Waals surface area contributed by atoms with Gasteiger partial charge in [0.2, 0.25) is 0 Å². The van der Waals surface area contributed by atoms with Crippen LogP contribution in [0.4, 0.5) is 5.69 Å². The fourth-order valence-corrected chi connectivity index (χ4v) is 8.38. The number of carbonyl (C=O) groups excluding carboxylic acids is 1. The van der Waals surface area contributed by atoms with Gasteiger partial charge < -0.3 is 19.1 Å². The summed E-state index contributed by atoms with van der Waals surface area (Å²) in [6.45, 7) is 5.93. The minimum atomic E-state index is -0.120. The third-order valence-electron chi connectivity index (χ3n) is 9.89. The zero-order chi connectivity index (χ0) is 27.3. The van der Waals surface area contributed by atoms with Crippen molar-refractivity contribution in [3.05, 3.63) is 58.1 Å². The highest BCUT2D eigenvalue weighted by molar-refractivity contribution is 7.98. The Morgan fingerprint density at radius 2 is 2.05 bits per heavy atom. The normalized spacial score (nSPS) is 34.0. The predicted octanol–water partition coefficient (Wildman–Crippen LogP) is 6.18. The van der Waals surface area contributed by atoms with Gasteiger partial charge >= 0.3 is 0 Å². The minimum absolute atomic E-state index is 0.0732. The van der Waals surface area contributed by atoms with Crippen LogP contribution in [-0.2, 0) is 21.3 Å². The number of benzene rings is 2. The van der Waals surface area contributed by atoms with Crippen LogP contribution >= 0.6 is 23.5 Å². The molecule has 1 N–H and O–H groups in total. The quantitative estimate of drug-likeness (QED) is 0.374. The summed E-state index contributed by atoms with van der Waals surface area (Å²) < 4.78 is 22.4. The van der Waals surface area contributed by atoms with Crippen LogP contribution in [0.25, 0.3) is 0 Å². The van der Waals surface area contributed by atoms with E-state index in [-0.39, 0.29) is 28.8 Å². The summed E-state index contributed by atoms with van der Waals surface area (Å²) in [5.41, 5.74) is 4.29. The number of aryl methyl sites for hydroxylation is 1. The zero-order valence-corrected chi connectivity index (χ0v) is 24.8. The highest BCUT2D eigenvalue weighted by Crippen LogP contribution is 2.47. The van der Waals surface area contributed by atoms with E-state index < -0.39 is 0 Å². The van der Waals surface area contributed by atoms with Crippen LogP contribution in [-0.4, -0.2) is 56.3 Å². The van der Waals surface area contributed by atoms with E-state index in [0.29, 0.717) is 30.6 Å². The summed E-state index contributed by atoms with van der Waals surface area (Å²) in [7, 11) is 0. The summed E-state index contributed by atoms with van der Waals surface area (Å²) in [5, 5.41) is 0.962. The van der Waals surface area contributed by atoms with Gasteiger partial charge in [0, 0.05) is 47.4 Å². The van der Waals surface area contributed by atoms with Crippen LogP contribution in [0.3, 0.4) is 0 Å². The first-order valence-corrected chi connectivity index (χ1v) is 16.2. The Balaban J connectivity index is 1.26. The van der Waals surface area contributed by atoms with Gasteiger partial charge in [-0.3, -0.25) is 9.52 Å². The lowest BCUT2D eigenvalue weighted by Gasteiger charge is -2.48. The molecule has 4 bridgehead atoms. The number of hydrogen-bond acceptors (Lipinski definition) is 6. The molecular formula is C32H39ClN2O4S. The molecule has 2 aromatic rings. The average molecular weight is 583 g/mol. The molecule has 1 spiro atoms. The minimum Gasteiger partial charge on any atom is -0.490 e. The predicted molar refractivity (Wildman–Crippen MR) is 160 cm³/mol. The van der Waals surface area contributed by atoms with Crippen molar-refractivity contribution >= 4 is 35.1 Å². The first-order chi connectivity index (χ1) is 19.5. The molecular weight excluding hydrogens is 544 g/mol. The van der Waals surface area contributed by atoms with E-state index in [2.05, 4.69) is 28.7 Å². The highest BCUT2D eigenvalue weighted by Gasteiger charge is 2.45. The van der Waals surface area contributed by atoms with Crippen LogP contribution < -0.4 is 14.4 Å². The molecule has 6 atom stereocenters. The number of halogens is 1. The maximum absolute atomic E-state index is 13.3. The molecule has 40 heavy (non-hydrogen) atoms. The monoisotopic (exact) mass is 582 g/mol. The summed E-state index contributed by atoms with van der Waals surface area (Å²) >= 11 is 7.87. The Bertz CT molecular complexity index is 1280. The van der Waals surface area contributed by atoms with Gasteiger partial charge in [0.05, 0.1) is 31.1 Å². The summed E-state index contributed by atoms with van der Waals surface area (Å²) in [6, 6.07) is 12.3. The lowest BCUT2D eigenvalue weighted by atomic mass is 9.67. The molecule has 5 aliphatic rings. The Morgan fingerprint density at radius 3 is 2.92 bits per heavy atom. The molecule has 0 aromatic heterocycles. The third kappa shape index (κ3) is 5.12. The van der Waals surface area contributed by atoms with Crippen molar-refractivity contribution in [3.63, 3.8) is 0 Å². The lowest BCUT2D eigenvalue weighted by molar-refractivity contribution is -0.116. The second-order valence-electron chi connectivity index (χ2n) is 12.5. The molecule has 3 aliphatic heterocycles. The molecule has 1 amide bonds. The number of nitrogens with zero attached hydrogens (tertiary/aromatic N) is 1. The largest absolute Gasteiger partial charge is 0.490 e. The summed E-state index contributed by atoms with van der Waals surface area (Å²) in [5.74, 6) is 1.88. The highest BCUT2D eigenvalue weighted by atomic mass is 35.5. The average Bonchev–Trinajstić information content (AvgIpc) is 3.09. The molecule has 2 fully saturated rings. The van der Waals surface area contributed by atoms with Crippen molar-refractivity contribution < 1.29 is 19.0 Å². The Labute approximate surface area is 246 Å². The Hall–Kier alpha value is -1.93. The fraction of sp³-hybridized carbons (Fsp3) is 0.594. The molecule has 0 unspecified atom stereocenters. The maximum atomic E-state index is 13.3. The third-order valence-corrected chi connectivity index (χ3v) is 11.0. The molecule has 8 heteroatoms. The number of nitrogens with one attached hydrogen (secondary N) is 1. The Morgan fingerprint density at radius 1 is 1.12 bits per heavy atom. The zero-order valence-electron chi connectivity index (χ0n) is 23.2. The number of fused-ring (bicyclic) bond motifs is 7. The fourth-order valence-electron chi connectivity index (χ4n) is 7.61. The summed E-state index contributed by atoms with van der Waals surface area (Å²) in [6.07, 6.45) is 8.06.